The van der Waals surface area contributed by atoms with Crippen LogP contribution in [0.2, 0.25) is 0 Å². The van der Waals surface area contributed by atoms with Crippen LogP contribution in [0.3, 0.4) is 0 Å². The van der Waals surface area contributed by atoms with Gasteiger partial charge in [-0.15, -0.1) is 0 Å². The first-order valence-electron chi connectivity index (χ1n) is 7.38. The fourth-order valence-electron chi connectivity index (χ4n) is 2.17. The zero-order valence-electron chi connectivity index (χ0n) is 12.9. The normalized spacial score (nSPS) is 12.4. The number of hydrogen-bond acceptors (Lipinski definition) is 4. The van der Waals surface area contributed by atoms with Crippen LogP contribution >= 0.6 is 10.7 Å². The van der Waals surface area contributed by atoms with E-state index in [0.29, 0.717) is 0 Å². The number of carbonyl (C=O) groups excluding carboxylic acids is 1. The molecule has 0 saturated heterocycles. The molecule has 0 heterocycles. The molecule has 1 N–H and O–H groups in total. The second-order valence-electron chi connectivity index (χ2n) is 5.20. The van der Waals surface area contributed by atoms with E-state index in [0.717, 1.165) is 11.1 Å². The highest BCUT2D eigenvalue weighted by atomic mass is 35.7. The molecule has 1 atom stereocenters. The molecular weight excluding hydrogens is 350 g/mol. The van der Waals surface area contributed by atoms with Crippen molar-refractivity contribution in [2.75, 3.05) is 5.75 Å². The molecule has 0 spiro atoms. The molecule has 0 aliphatic rings. The van der Waals surface area contributed by atoms with E-state index in [2.05, 4.69) is 5.32 Å². The Kier molecular flexibility index (Phi) is 6.63. The Morgan fingerprint density at radius 3 is 2.21 bits per heavy atom. The second kappa shape index (κ2) is 8.70. The van der Waals surface area contributed by atoms with Crippen LogP contribution in [0, 0.1) is 0 Å². The molecular formula is C17H18ClNO4S. The Morgan fingerprint density at radius 2 is 1.62 bits per heavy atom. The molecule has 24 heavy (non-hydrogen) atoms. The molecule has 0 aromatic heterocycles. The largest absolute Gasteiger partial charge is 0.445 e. The number of halogens is 1. The maximum absolute atomic E-state index is 12.0. The lowest BCUT2D eigenvalue weighted by molar-refractivity contribution is 0.135. The van der Waals surface area contributed by atoms with Crippen molar-refractivity contribution in [3.05, 3.63) is 71.8 Å². The first kappa shape index (κ1) is 18.3. The van der Waals surface area contributed by atoms with Gasteiger partial charge in [0.15, 0.2) is 0 Å². The average molecular weight is 368 g/mol. The van der Waals surface area contributed by atoms with Crippen molar-refractivity contribution >= 4 is 25.8 Å². The van der Waals surface area contributed by atoms with E-state index < -0.39 is 21.2 Å². The smallest absolute Gasteiger partial charge is 0.407 e. The highest BCUT2D eigenvalue weighted by Crippen LogP contribution is 2.18. The lowest BCUT2D eigenvalue weighted by Gasteiger charge is -2.18. The molecule has 0 bridgehead atoms. The number of hydrogen-bond donors (Lipinski definition) is 1. The number of alkyl carbamates (subject to hydrolysis) is 1. The summed E-state index contributed by atoms with van der Waals surface area (Å²) >= 11 is 0. The summed E-state index contributed by atoms with van der Waals surface area (Å²) in [6, 6.07) is 17.9. The molecule has 0 saturated carbocycles. The van der Waals surface area contributed by atoms with Crippen LogP contribution in [0.5, 0.6) is 0 Å². The van der Waals surface area contributed by atoms with Gasteiger partial charge in [-0.25, -0.2) is 13.2 Å². The lowest BCUT2D eigenvalue weighted by atomic mass is 10.1. The summed E-state index contributed by atoms with van der Waals surface area (Å²) in [4.78, 5) is 12.0. The minimum absolute atomic E-state index is 0.141. The highest BCUT2D eigenvalue weighted by molar-refractivity contribution is 8.13. The number of rotatable bonds is 7. The fourth-order valence-corrected chi connectivity index (χ4v) is 2.96. The first-order valence-corrected chi connectivity index (χ1v) is 9.86. The van der Waals surface area contributed by atoms with Gasteiger partial charge < -0.3 is 10.1 Å². The number of carbonyl (C=O) groups is 1. The Bertz CT molecular complexity index is 751. The van der Waals surface area contributed by atoms with E-state index >= 15 is 0 Å². The topological polar surface area (TPSA) is 72.5 Å². The van der Waals surface area contributed by atoms with Crippen LogP contribution in [-0.4, -0.2) is 20.3 Å². The van der Waals surface area contributed by atoms with Gasteiger partial charge >= 0.3 is 6.09 Å². The monoisotopic (exact) mass is 367 g/mol. The fraction of sp³-hybridized carbons (Fsp3) is 0.235. The third-order valence-electron chi connectivity index (χ3n) is 3.36. The maximum Gasteiger partial charge on any atom is 0.407 e. The van der Waals surface area contributed by atoms with Gasteiger partial charge in [-0.3, -0.25) is 0 Å². The molecule has 2 aromatic carbocycles. The van der Waals surface area contributed by atoms with E-state index in [4.69, 9.17) is 15.4 Å². The van der Waals surface area contributed by atoms with Crippen molar-refractivity contribution < 1.29 is 17.9 Å². The highest BCUT2D eigenvalue weighted by Gasteiger charge is 2.18. The number of ether oxygens (including phenoxy) is 1. The van der Waals surface area contributed by atoms with E-state index in [1.807, 2.05) is 60.7 Å². The standard InChI is InChI=1S/C17H18ClNO4S/c18-24(21,22)12-11-16(15-9-5-2-6-10-15)19-17(20)23-13-14-7-3-1-4-8-14/h1-10,16H,11-13H2,(H,19,20)/t16-/m0/s1. The van der Waals surface area contributed by atoms with Gasteiger partial charge in [0.2, 0.25) is 9.05 Å². The Morgan fingerprint density at radius 1 is 1.04 bits per heavy atom. The lowest BCUT2D eigenvalue weighted by Crippen LogP contribution is -2.30. The van der Waals surface area contributed by atoms with Crippen LogP contribution in [0.25, 0.3) is 0 Å². The van der Waals surface area contributed by atoms with Crippen molar-refractivity contribution in [2.45, 2.75) is 19.1 Å². The summed E-state index contributed by atoms with van der Waals surface area (Å²) in [6.45, 7) is 0.141. The van der Waals surface area contributed by atoms with E-state index in [1.165, 1.54) is 0 Å². The summed E-state index contributed by atoms with van der Waals surface area (Å²) < 4.78 is 27.5. The van der Waals surface area contributed by atoms with Gasteiger partial charge in [0.1, 0.15) is 6.61 Å². The third-order valence-corrected chi connectivity index (χ3v) is 4.54. The van der Waals surface area contributed by atoms with Crippen molar-refractivity contribution in [1.82, 2.24) is 5.32 Å². The zero-order valence-corrected chi connectivity index (χ0v) is 14.5. The van der Waals surface area contributed by atoms with E-state index in [1.54, 1.807) is 0 Å². The summed E-state index contributed by atoms with van der Waals surface area (Å²) in [7, 11) is 1.63. The van der Waals surface area contributed by atoms with Crippen LogP contribution in [0.15, 0.2) is 60.7 Å². The molecule has 0 aliphatic carbocycles. The SMILES string of the molecule is O=C(N[C@@H](CCS(=O)(=O)Cl)c1ccccc1)OCc1ccccc1. The van der Waals surface area contributed by atoms with Crippen molar-refractivity contribution in [3.63, 3.8) is 0 Å². The Balaban J connectivity index is 1.97. The summed E-state index contributed by atoms with van der Waals surface area (Å²) in [5.74, 6) is -0.243. The van der Waals surface area contributed by atoms with Crippen LogP contribution in [0.1, 0.15) is 23.6 Å². The molecule has 0 aliphatic heterocycles. The van der Waals surface area contributed by atoms with Gasteiger partial charge in [-0.1, -0.05) is 60.7 Å². The van der Waals surface area contributed by atoms with Crippen LogP contribution in [0.4, 0.5) is 4.79 Å². The zero-order chi connectivity index (χ0) is 17.4. The number of amides is 1. The molecule has 1 amide bonds. The molecule has 0 fully saturated rings. The molecule has 2 aromatic rings. The predicted molar refractivity (Wildman–Crippen MR) is 93.2 cm³/mol. The second-order valence-corrected chi connectivity index (χ2v) is 8.10. The Hall–Kier alpha value is -2.05. The first-order chi connectivity index (χ1) is 11.4. The van der Waals surface area contributed by atoms with Crippen molar-refractivity contribution in [3.8, 4) is 0 Å². The van der Waals surface area contributed by atoms with Gasteiger partial charge in [0, 0.05) is 10.7 Å². The van der Waals surface area contributed by atoms with Crippen molar-refractivity contribution in [1.29, 1.82) is 0 Å². The molecule has 5 nitrogen and oxygen atoms in total. The summed E-state index contributed by atoms with van der Waals surface area (Å²) in [5.41, 5.74) is 1.65. The summed E-state index contributed by atoms with van der Waals surface area (Å²) in [5, 5.41) is 2.69. The number of benzene rings is 2. The van der Waals surface area contributed by atoms with Crippen molar-refractivity contribution in [2.24, 2.45) is 0 Å². The third kappa shape index (κ3) is 6.60. The van der Waals surface area contributed by atoms with E-state index in [9.17, 15) is 13.2 Å². The summed E-state index contributed by atoms with van der Waals surface area (Å²) in [6.07, 6.45) is -0.448. The molecule has 0 unspecified atom stereocenters. The number of nitrogens with one attached hydrogen (secondary N) is 1. The van der Waals surface area contributed by atoms with Gasteiger partial charge in [0.05, 0.1) is 11.8 Å². The van der Waals surface area contributed by atoms with Crippen LogP contribution in [-0.2, 0) is 20.4 Å². The molecule has 0 radical (unpaired) electrons. The molecule has 2 rings (SSSR count). The van der Waals surface area contributed by atoms with Gasteiger partial charge in [-0.2, -0.15) is 0 Å². The quantitative estimate of drug-likeness (QED) is 0.759. The Labute approximate surface area is 146 Å². The molecule has 128 valence electrons. The average Bonchev–Trinajstić information content (AvgIpc) is 2.57. The maximum atomic E-state index is 12.0. The minimum Gasteiger partial charge on any atom is -0.445 e. The molecule has 7 heteroatoms. The minimum atomic E-state index is -3.64. The van der Waals surface area contributed by atoms with E-state index in [-0.39, 0.29) is 18.8 Å². The van der Waals surface area contributed by atoms with Gasteiger partial charge in [-0.05, 0) is 17.5 Å². The van der Waals surface area contributed by atoms with Gasteiger partial charge in [0.25, 0.3) is 0 Å². The van der Waals surface area contributed by atoms with Crippen LogP contribution < -0.4 is 5.32 Å². The predicted octanol–water partition coefficient (Wildman–Crippen LogP) is 3.61.